The molecule has 1 atom stereocenters. The lowest BCUT2D eigenvalue weighted by atomic mass is 10.3. The number of rotatable bonds is 5. The molecule has 0 fully saturated rings. The van der Waals surface area contributed by atoms with Crippen LogP contribution in [-0.4, -0.2) is 19.7 Å². The second kappa shape index (κ2) is 6.54. The lowest BCUT2D eigenvalue weighted by Gasteiger charge is -2.10. The molecule has 0 saturated carbocycles. The maximum absolute atomic E-state index is 6.06. The molecule has 3 aromatic rings. The lowest BCUT2D eigenvalue weighted by molar-refractivity contribution is 0.375. The fraction of sp³-hybridized carbons (Fsp3) is 0.267. The molecule has 0 amide bonds. The summed E-state index contributed by atoms with van der Waals surface area (Å²) in [6.07, 6.45) is 4.44. The first-order valence-corrected chi connectivity index (χ1v) is 8.21. The molecule has 0 aliphatic rings. The van der Waals surface area contributed by atoms with Gasteiger partial charge in [0.1, 0.15) is 0 Å². The highest BCUT2D eigenvalue weighted by molar-refractivity contribution is 7.99. The summed E-state index contributed by atoms with van der Waals surface area (Å²) in [4.78, 5) is 8.78. The quantitative estimate of drug-likeness (QED) is 0.650. The first-order chi connectivity index (χ1) is 10.7. The summed E-state index contributed by atoms with van der Waals surface area (Å²) >= 11 is 7.63. The molecule has 22 heavy (non-hydrogen) atoms. The van der Waals surface area contributed by atoms with Crippen molar-refractivity contribution in [3.05, 3.63) is 53.4 Å². The lowest BCUT2D eigenvalue weighted by Crippen LogP contribution is -1.97. The number of aryl methyl sites for hydroxylation is 1. The molecule has 0 bridgehead atoms. The monoisotopic (exact) mass is 334 g/mol. The Hall–Kier alpha value is -1.79. The van der Waals surface area contributed by atoms with Crippen molar-refractivity contribution in [3.8, 4) is 5.69 Å². The van der Waals surface area contributed by atoms with Crippen molar-refractivity contribution in [1.82, 2.24) is 19.7 Å². The van der Waals surface area contributed by atoms with E-state index in [1.165, 1.54) is 0 Å². The van der Waals surface area contributed by atoms with Crippen LogP contribution in [0.25, 0.3) is 5.69 Å². The van der Waals surface area contributed by atoms with Gasteiger partial charge in [0.15, 0.2) is 11.0 Å². The number of imidazole rings is 1. The van der Waals surface area contributed by atoms with E-state index in [4.69, 9.17) is 16.1 Å². The number of nitrogens with zero attached hydrogens (tertiary/aromatic N) is 4. The average Bonchev–Trinajstić information content (AvgIpc) is 3.16. The molecule has 1 aromatic carbocycles. The van der Waals surface area contributed by atoms with Gasteiger partial charge in [-0.25, -0.2) is 4.98 Å². The van der Waals surface area contributed by atoms with Crippen molar-refractivity contribution >= 4 is 23.4 Å². The Morgan fingerprint density at radius 3 is 3.00 bits per heavy atom. The first-order valence-electron chi connectivity index (χ1n) is 6.95. The Kier molecular flexibility index (Phi) is 4.49. The van der Waals surface area contributed by atoms with Gasteiger partial charge in [-0.1, -0.05) is 41.5 Å². The van der Waals surface area contributed by atoms with Crippen molar-refractivity contribution in [2.45, 2.75) is 30.7 Å². The Balaban J connectivity index is 1.83. The second-order valence-electron chi connectivity index (χ2n) is 4.72. The number of benzene rings is 1. The Morgan fingerprint density at radius 1 is 1.41 bits per heavy atom. The van der Waals surface area contributed by atoms with E-state index in [-0.39, 0.29) is 5.25 Å². The molecule has 0 aliphatic carbocycles. The van der Waals surface area contributed by atoms with Gasteiger partial charge < -0.3 is 4.52 Å². The zero-order valence-electron chi connectivity index (χ0n) is 12.2. The molecule has 2 heterocycles. The molecule has 7 heteroatoms. The molecule has 3 rings (SSSR count). The van der Waals surface area contributed by atoms with E-state index in [0.717, 1.165) is 23.1 Å². The van der Waals surface area contributed by atoms with Gasteiger partial charge in [-0.2, -0.15) is 4.98 Å². The molecule has 2 aromatic heterocycles. The summed E-state index contributed by atoms with van der Waals surface area (Å²) in [6, 6.07) is 7.66. The summed E-state index contributed by atoms with van der Waals surface area (Å²) in [5.74, 6) is 1.34. The van der Waals surface area contributed by atoms with Crippen LogP contribution in [0.3, 0.4) is 0 Å². The van der Waals surface area contributed by atoms with Crippen LogP contribution >= 0.6 is 23.4 Å². The van der Waals surface area contributed by atoms with Crippen LogP contribution in [0.2, 0.25) is 5.02 Å². The highest BCUT2D eigenvalue weighted by Crippen LogP contribution is 2.34. The SMILES string of the molecule is CCc1noc(C(C)Sc2nccn2-c2cccc(Cl)c2)n1. The van der Waals surface area contributed by atoms with Gasteiger partial charge in [0.05, 0.1) is 5.25 Å². The Morgan fingerprint density at radius 2 is 2.27 bits per heavy atom. The molecule has 114 valence electrons. The smallest absolute Gasteiger partial charge is 0.239 e. The fourth-order valence-electron chi connectivity index (χ4n) is 1.98. The third kappa shape index (κ3) is 3.18. The largest absolute Gasteiger partial charge is 0.338 e. The van der Waals surface area contributed by atoms with Crippen LogP contribution < -0.4 is 0 Å². The van der Waals surface area contributed by atoms with Gasteiger partial charge in [-0.3, -0.25) is 4.57 Å². The van der Waals surface area contributed by atoms with Crippen molar-refractivity contribution in [2.24, 2.45) is 0 Å². The molecule has 0 saturated heterocycles. The Bertz CT molecular complexity index is 770. The van der Waals surface area contributed by atoms with E-state index in [9.17, 15) is 0 Å². The number of hydrogen-bond acceptors (Lipinski definition) is 5. The first kappa shape index (κ1) is 15.1. The summed E-state index contributed by atoms with van der Waals surface area (Å²) in [7, 11) is 0. The molecule has 1 unspecified atom stereocenters. The minimum atomic E-state index is 0.0214. The summed E-state index contributed by atoms with van der Waals surface area (Å²) in [5.41, 5.74) is 0.972. The van der Waals surface area contributed by atoms with Crippen molar-refractivity contribution in [3.63, 3.8) is 0 Å². The van der Waals surface area contributed by atoms with Crippen LogP contribution in [0, 0.1) is 0 Å². The molecule has 0 radical (unpaired) electrons. The zero-order valence-corrected chi connectivity index (χ0v) is 13.8. The van der Waals surface area contributed by atoms with Gasteiger partial charge in [0.2, 0.25) is 5.89 Å². The summed E-state index contributed by atoms with van der Waals surface area (Å²) in [5, 5.41) is 5.50. The molecule has 0 spiro atoms. The minimum Gasteiger partial charge on any atom is -0.338 e. The van der Waals surface area contributed by atoms with E-state index in [1.54, 1.807) is 18.0 Å². The topological polar surface area (TPSA) is 56.7 Å². The molecule has 5 nitrogen and oxygen atoms in total. The summed E-state index contributed by atoms with van der Waals surface area (Å²) in [6.45, 7) is 4.02. The number of halogens is 1. The predicted octanol–water partition coefficient (Wildman–Crippen LogP) is 4.32. The number of thioether (sulfide) groups is 1. The maximum atomic E-state index is 6.06. The van der Waals surface area contributed by atoms with Crippen LogP contribution in [0.5, 0.6) is 0 Å². The van der Waals surface area contributed by atoms with Crippen LogP contribution in [0.4, 0.5) is 0 Å². The van der Waals surface area contributed by atoms with Gasteiger partial charge >= 0.3 is 0 Å². The number of aromatic nitrogens is 4. The van der Waals surface area contributed by atoms with Crippen LogP contribution in [0.15, 0.2) is 46.3 Å². The normalized spacial score (nSPS) is 12.5. The minimum absolute atomic E-state index is 0.0214. The predicted molar refractivity (Wildman–Crippen MR) is 86.5 cm³/mol. The van der Waals surface area contributed by atoms with Gasteiger partial charge in [0.25, 0.3) is 0 Å². The van der Waals surface area contributed by atoms with E-state index >= 15 is 0 Å². The van der Waals surface area contributed by atoms with Gasteiger partial charge in [-0.05, 0) is 25.1 Å². The van der Waals surface area contributed by atoms with E-state index in [0.29, 0.717) is 10.9 Å². The average molecular weight is 335 g/mol. The van der Waals surface area contributed by atoms with E-state index in [2.05, 4.69) is 15.1 Å². The third-order valence-electron chi connectivity index (χ3n) is 3.12. The van der Waals surface area contributed by atoms with E-state index in [1.807, 2.05) is 48.9 Å². The van der Waals surface area contributed by atoms with Crippen LogP contribution in [-0.2, 0) is 6.42 Å². The highest BCUT2D eigenvalue weighted by atomic mass is 35.5. The summed E-state index contributed by atoms with van der Waals surface area (Å²) < 4.78 is 7.28. The zero-order chi connectivity index (χ0) is 15.5. The van der Waals surface area contributed by atoms with Gasteiger partial charge in [0, 0.05) is 29.5 Å². The molecular formula is C15H15ClN4OS. The molecular weight excluding hydrogens is 320 g/mol. The second-order valence-corrected chi connectivity index (χ2v) is 6.47. The van der Waals surface area contributed by atoms with Gasteiger partial charge in [-0.15, -0.1) is 0 Å². The van der Waals surface area contributed by atoms with Crippen molar-refractivity contribution in [1.29, 1.82) is 0 Å². The molecule has 0 N–H and O–H groups in total. The number of hydrogen-bond donors (Lipinski definition) is 0. The maximum Gasteiger partial charge on any atom is 0.239 e. The third-order valence-corrected chi connectivity index (χ3v) is 4.43. The van der Waals surface area contributed by atoms with Crippen molar-refractivity contribution < 1.29 is 4.52 Å². The van der Waals surface area contributed by atoms with E-state index < -0.39 is 0 Å². The highest BCUT2D eigenvalue weighted by Gasteiger charge is 2.18. The van der Waals surface area contributed by atoms with Crippen molar-refractivity contribution in [2.75, 3.05) is 0 Å². The standard InChI is InChI=1S/C15H15ClN4OS/c1-3-13-18-14(21-19-13)10(2)22-15-17-7-8-20(15)12-6-4-5-11(16)9-12/h4-10H,3H2,1-2H3. The Labute approximate surface area is 137 Å². The van der Waals surface area contributed by atoms with Crippen LogP contribution in [0.1, 0.15) is 30.8 Å². The molecule has 0 aliphatic heterocycles. The fourth-order valence-corrected chi connectivity index (χ4v) is 3.08.